The SMILES string of the molecule is CCNC(=O)Nc1cc(-c2nc(C(F)(F)F)cs2)c(-c2ccc3c(c2)c(=O)c(C(C)=O)cn3CCN(C)C)cn1. The van der Waals surface area contributed by atoms with Crippen LogP contribution in [0.2, 0.25) is 0 Å². The van der Waals surface area contributed by atoms with Crippen LogP contribution in [0.5, 0.6) is 0 Å². The lowest BCUT2D eigenvalue weighted by Crippen LogP contribution is -2.28. The molecule has 9 nitrogen and oxygen atoms in total. The average Bonchev–Trinajstić information content (AvgIpc) is 3.39. The second-order valence-electron chi connectivity index (χ2n) is 9.29. The number of pyridine rings is 2. The molecule has 2 N–H and O–H groups in total. The van der Waals surface area contributed by atoms with Crippen molar-refractivity contribution in [3.05, 3.63) is 63.5 Å². The number of alkyl halides is 3. The van der Waals surface area contributed by atoms with Crippen molar-refractivity contribution in [1.82, 2.24) is 24.8 Å². The number of amides is 2. The van der Waals surface area contributed by atoms with Crippen molar-refractivity contribution in [2.45, 2.75) is 26.6 Å². The maximum absolute atomic E-state index is 13.3. The summed E-state index contributed by atoms with van der Waals surface area (Å²) in [5.74, 6) is -0.263. The van der Waals surface area contributed by atoms with Gasteiger partial charge >= 0.3 is 12.2 Å². The van der Waals surface area contributed by atoms with E-state index in [9.17, 15) is 27.6 Å². The van der Waals surface area contributed by atoms with Crippen LogP contribution in [0.1, 0.15) is 29.9 Å². The lowest BCUT2D eigenvalue weighted by molar-refractivity contribution is -0.140. The van der Waals surface area contributed by atoms with Gasteiger partial charge in [-0.05, 0) is 51.7 Å². The van der Waals surface area contributed by atoms with Crippen molar-refractivity contribution >= 4 is 39.9 Å². The number of carbonyl (C=O) groups is 2. The number of thiazole rings is 1. The van der Waals surface area contributed by atoms with Gasteiger partial charge in [-0.1, -0.05) is 6.07 Å². The molecule has 0 saturated heterocycles. The Hall–Kier alpha value is -4.10. The Kier molecular flexibility index (Phi) is 8.35. The van der Waals surface area contributed by atoms with E-state index in [0.717, 1.165) is 16.7 Å². The fourth-order valence-corrected chi connectivity index (χ4v) is 4.94. The third-order valence-corrected chi connectivity index (χ3v) is 6.94. The molecule has 0 unspecified atom stereocenters. The van der Waals surface area contributed by atoms with Crippen molar-refractivity contribution in [2.24, 2.45) is 0 Å². The van der Waals surface area contributed by atoms with Gasteiger partial charge in [-0.25, -0.2) is 14.8 Å². The number of anilines is 1. The maximum Gasteiger partial charge on any atom is 0.434 e. The van der Waals surface area contributed by atoms with E-state index >= 15 is 0 Å². The van der Waals surface area contributed by atoms with Gasteiger partial charge in [0, 0.05) is 53.9 Å². The zero-order chi connectivity index (χ0) is 29.2. The Balaban J connectivity index is 1.91. The van der Waals surface area contributed by atoms with Crippen molar-refractivity contribution in [3.63, 3.8) is 0 Å². The molecule has 3 heterocycles. The summed E-state index contributed by atoms with van der Waals surface area (Å²) in [6, 6.07) is 5.99. The zero-order valence-electron chi connectivity index (χ0n) is 22.2. The number of benzene rings is 1. The molecule has 0 atom stereocenters. The van der Waals surface area contributed by atoms with Gasteiger partial charge in [0.25, 0.3) is 0 Å². The van der Waals surface area contributed by atoms with E-state index in [1.54, 1.807) is 31.3 Å². The molecular formula is C27H27F3N6O3S. The zero-order valence-corrected chi connectivity index (χ0v) is 23.0. The first-order valence-electron chi connectivity index (χ1n) is 12.3. The molecular weight excluding hydrogens is 545 g/mol. The van der Waals surface area contributed by atoms with E-state index in [2.05, 4.69) is 20.6 Å². The number of hydrogen-bond donors (Lipinski definition) is 2. The molecule has 0 radical (unpaired) electrons. The van der Waals surface area contributed by atoms with Crippen molar-refractivity contribution in [2.75, 3.05) is 32.5 Å². The fraction of sp³-hybridized carbons (Fsp3) is 0.296. The van der Waals surface area contributed by atoms with E-state index in [4.69, 9.17) is 0 Å². The maximum atomic E-state index is 13.3. The Morgan fingerprint density at radius 1 is 1.15 bits per heavy atom. The van der Waals surface area contributed by atoms with Gasteiger partial charge in [0.2, 0.25) is 0 Å². The molecule has 0 aliphatic heterocycles. The largest absolute Gasteiger partial charge is 0.434 e. The Morgan fingerprint density at radius 2 is 1.90 bits per heavy atom. The molecule has 2 amide bonds. The van der Waals surface area contributed by atoms with Gasteiger partial charge in [-0.15, -0.1) is 11.3 Å². The molecule has 0 aliphatic carbocycles. The summed E-state index contributed by atoms with van der Waals surface area (Å²) in [4.78, 5) is 47.7. The number of fused-ring (bicyclic) bond motifs is 1. The first-order valence-corrected chi connectivity index (χ1v) is 13.2. The number of likely N-dealkylation sites (N-methyl/N-ethyl adjacent to an activating group) is 1. The van der Waals surface area contributed by atoms with Crippen LogP contribution in [0.4, 0.5) is 23.8 Å². The van der Waals surface area contributed by atoms with Gasteiger partial charge in [-0.2, -0.15) is 13.2 Å². The number of nitrogens with zero attached hydrogens (tertiary/aromatic N) is 4. The molecule has 0 aliphatic rings. The first kappa shape index (κ1) is 28.9. The highest BCUT2D eigenvalue weighted by molar-refractivity contribution is 7.13. The van der Waals surface area contributed by atoms with Crippen molar-refractivity contribution in [3.8, 4) is 21.7 Å². The Bertz CT molecular complexity index is 1650. The molecule has 4 aromatic rings. The summed E-state index contributed by atoms with van der Waals surface area (Å²) in [5.41, 5.74) is 0.345. The summed E-state index contributed by atoms with van der Waals surface area (Å²) in [6.45, 7) is 4.61. The highest BCUT2D eigenvalue weighted by Gasteiger charge is 2.34. The topological polar surface area (TPSA) is 109 Å². The average molecular weight is 573 g/mol. The second kappa shape index (κ2) is 11.6. The van der Waals surface area contributed by atoms with E-state index < -0.39 is 23.3 Å². The number of ketones is 1. The molecule has 3 aromatic heterocycles. The van der Waals surface area contributed by atoms with Gasteiger partial charge in [-0.3, -0.25) is 14.9 Å². The number of carbonyl (C=O) groups excluding carboxylic acids is 2. The molecule has 0 saturated carbocycles. The molecule has 0 fully saturated rings. The third kappa shape index (κ3) is 6.20. The minimum Gasteiger partial charge on any atom is -0.345 e. The molecule has 40 heavy (non-hydrogen) atoms. The van der Waals surface area contributed by atoms with Crippen LogP contribution in [0.25, 0.3) is 32.6 Å². The van der Waals surface area contributed by atoms with E-state index in [1.165, 1.54) is 19.2 Å². The highest BCUT2D eigenvalue weighted by atomic mass is 32.1. The lowest BCUT2D eigenvalue weighted by Gasteiger charge is -2.17. The summed E-state index contributed by atoms with van der Waals surface area (Å²) in [5, 5.41) is 6.39. The van der Waals surface area contributed by atoms with Crippen LogP contribution in [0, 0.1) is 0 Å². The predicted molar refractivity (Wildman–Crippen MR) is 149 cm³/mol. The Labute approximate surface area is 231 Å². The number of aromatic nitrogens is 3. The van der Waals surface area contributed by atoms with Gasteiger partial charge < -0.3 is 14.8 Å². The molecule has 13 heteroatoms. The van der Waals surface area contributed by atoms with Crippen LogP contribution in [0.15, 0.2) is 46.8 Å². The second-order valence-corrected chi connectivity index (χ2v) is 10.2. The molecule has 1 aromatic carbocycles. The fourth-order valence-electron chi connectivity index (χ4n) is 4.09. The summed E-state index contributed by atoms with van der Waals surface area (Å²) in [6.07, 6.45) is -1.67. The number of rotatable bonds is 8. The minimum absolute atomic E-state index is 0.0398. The van der Waals surface area contributed by atoms with E-state index in [0.29, 0.717) is 36.3 Å². The Morgan fingerprint density at radius 3 is 2.52 bits per heavy atom. The van der Waals surface area contributed by atoms with Gasteiger partial charge in [0.05, 0.1) is 11.1 Å². The predicted octanol–water partition coefficient (Wildman–Crippen LogP) is 5.11. The summed E-state index contributed by atoms with van der Waals surface area (Å²) in [7, 11) is 3.83. The van der Waals surface area contributed by atoms with E-state index in [1.807, 2.05) is 23.6 Å². The normalized spacial score (nSPS) is 11.7. The monoisotopic (exact) mass is 572 g/mol. The smallest absolute Gasteiger partial charge is 0.345 e. The van der Waals surface area contributed by atoms with Crippen molar-refractivity contribution < 1.29 is 22.8 Å². The standard InChI is InChI=1S/C27H27F3N6O3S/c1-5-31-26(39)34-23-11-17(25-33-22(14-40-25)27(28,29)30)19(12-32-23)16-6-7-21-18(10-16)24(38)20(15(2)37)13-36(21)9-8-35(3)4/h6-7,10-14H,5,8-9H2,1-4H3,(H2,31,32,34,39). The summed E-state index contributed by atoms with van der Waals surface area (Å²) < 4.78 is 41.9. The number of halogens is 3. The third-order valence-electron chi connectivity index (χ3n) is 6.07. The molecule has 210 valence electrons. The molecule has 0 bridgehead atoms. The molecule has 0 spiro atoms. The van der Waals surface area contributed by atoms with Crippen molar-refractivity contribution in [1.29, 1.82) is 0 Å². The highest BCUT2D eigenvalue weighted by Crippen LogP contribution is 2.39. The minimum atomic E-state index is -4.63. The van der Waals surface area contributed by atoms with Crippen LogP contribution < -0.4 is 16.1 Å². The lowest BCUT2D eigenvalue weighted by atomic mass is 9.99. The van der Waals surface area contributed by atoms with Crippen LogP contribution in [0.3, 0.4) is 0 Å². The van der Waals surface area contributed by atoms with Crippen LogP contribution in [-0.4, -0.2) is 58.4 Å². The first-order chi connectivity index (χ1) is 18.9. The number of urea groups is 1. The van der Waals surface area contributed by atoms with Gasteiger partial charge in [0.1, 0.15) is 10.8 Å². The summed E-state index contributed by atoms with van der Waals surface area (Å²) >= 11 is 0.799. The molecule has 4 rings (SSSR count). The van der Waals surface area contributed by atoms with Gasteiger partial charge in [0.15, 0.2) is 16.9 Å². The number of hydrogen-bond acceptors (Lipinski definition) is 7. The quantitative estimate of drug-likeness (QED) is 0.284. The van der Waals surface area contributed by atoms with E-state index in [-0.39, 0.29) is 33.1 Å². The van der Waals surface area contributed by atoms with Crippen LogP contribution in [-0.2, 0) is 12.7 Å². The number of Topliss-reactive ketones (excluding diaryl/α,β-unsaturated/α-hetero) is 1. The van der Waals surface area contributed by atoms with Crippen LogP contribution >= 0.6 is 11.3 Å². The number of nitrogens with one attached hydrogen (secondary N) is 2.